The molecule has 1 atom stereocenters. The van der Waals surface area contributed by atoms with Gasteiger partial charge in [0.05, 0.1) is 12.7 Å². The highest BCUT2D eigenvalue weighted by atomic mass is 16.6. The van der Waals surface area contributed by atoms with Crippen molar-refractivity contribution in [2.75, 3.05) is 19.8 Å². The topological polar surface area (TPSA) is 90.6 Å². The number of nitrogens with two attached hydrogens (primary N) is 3. The maximum absolute atomic E-state index is 5.11. The SMILES string of the molecule is NCC1CO1.NCN. The summed E-state index contributed by atoms with van der Waals surface area (Å²) < 4.78 is 4.73. The molecule has 1 rings (SSSR count). The first-order chi connectivity index (χ1) is 3.85. The minimum atomic E-state index is 0.250. The molecule has 4 nitrogen and oxygen atoms in total. The molecule has 1 unspecified atom stereocenters. The molecule has 6 N–H and O–H groups in total. The summed E-state index contributed by atoms with van der Waals surface area (Å²) in [4.78, 5) is 0. The van der Waals surface area contributed by atoms with Crippen LogP contribution in [0.3, 0.4) is 0 Å². The molecule has 1 fully saturated rings. The molecule has 0 bridgehead atoms. The summed E-state index contributed by atoms with van der Waals surface area (Å²) >= 11 is 0. The van der Waals surface area contributed by atoms with E-state index in [0.717, 1.165) is 6.61 Å². The largest absolute Gasteiger partial charge is 0.372 e. The van der Waals surface area contributed by atoms with Crippen molar-refractivity contribution >= 4 is 0 Å². The van der Waals surface area contributed by atoms with Crippen molar-refractivity contribution in [3.8, 4) is 0 Å². The van der Waals surface area contributed by atoms with Gasteiger partial charge in [-0.3, -0.25) is 0 Å². The Balaban J connectivity index is 0.000000145. The Kier molecular flexibility index (Phi) is 4.89. The first kappa shape index (κ1) is 7.84. The van der Waals surface area contributed by atoms with E-state index in [2.05, 4.69) is 11.5 Å². The molecule has 1 saturated heterocycles. The monoisotopic (exact) mass is 119 g/mol. The highest BCUT2D eigenvalue weighted by Gasteiger charge is 2.18. The molecular formula is C4H13N3O. The normalized spacial score (nSPS) is 23.6. The van der Waals surface area contributed by atoms with E-state index in [9.17, 15) is 0 Å². The molecular weight excluding hydrogens is 106 g/mol. The number of epoxide rings is 1. The van der Waals surface area contributed by atoms with Crippen molar-refractivity contribution in [3.05, 3.63) is 0 Å². The lowest BCUT2D eigenvalue weighted by Gasteiger charge is -1.71. The third kappa shape index (κ3) is 5.84. The fraction of sp³-hybridized carbons (Fsp3) is 1.00. The van der Waals surface area contributed by atoms with Crippen LogP contribution in [0.25, 0.3) is 0 Å². The summed E-state index contributed by atoms with van der Waals surface area (Å²) in [5, 5.41) is 0. The Morgan fingerprint density at radius 3 is 1.75 bits per heavy atom. The predicted molar refractivity (Wildman–Crippen MR) is 32.0 cm³/mol. The van der Waals surface area contributed by atoms with Gasteiger partial charge in [0.2, 0.25) is 0 Å². The zero-order valence-electron chi connectivity index (χ0n) is 4.84. The summed E-state index contributed by atoms with van der Waals surface area (Å²) in [6.07, 6.45) is 0.412. The van der Waals surface area contributed by atoms with Gasteiger partial charge in [-0.05, 0) is 0 Å². The molecule has 0 aromatic heterocycles. The molecule has 0 aliphatic carbocycles. The lowest BCUT2D eigenvalue weighted by atomic mass is 10.5. The molecule has 0 aromatic rings. The number of hydrogen-bond acceptors (Lipinski definition) is 4. The fourth-order valence-corrected chi connectivity index (χ4v) is 0.204. The van der Waals surface area contributed by atoms with Gasteiger partial charge >= 0.3 is 0 Å². The number of rotatable bonds is 1. The second-order valence-electron chi connectivity index (χ2n) is 1.43. The van der Waals surface area contributed by atoms with Gasteiger partial charge in [-0.25, -0.2) is 0 Å². The van der Waals surface area contributed by atoms with Crippen LogP contribution in [-0.2, 0) is 4.74 Å². The summed E-state index contributed by atoms with van der Waals surface area (Å²) in [7, 11) is 0. The minimum Gasteiger partial charge on any atom is -0.372 e. The van der Waals surface area contributed by atoms with Gasteiger partial charge in [0.1, 0.15) is 0 Å². The molecule has 1 aliphatic heterocycles. The molecule has 0 radical (unpaired) electrons. The Labute approximate surface area is 49.0 Å². The number of hydrogen-bond donors (Lipinski definition) is 3. The van der Waals surface area contributed by atoms with Crippen molar-refractivity contribution in [1.29, 1.82) is 0 Å². The molecule has 8 heavy (non-hydrogen) atoms. The van der Waals surface area contributed by atoms with Crippen LogP contribution in [0.1, 0.15) is 0 Å². The maximum atomic E-state index is 5.11. The molecule has 1 aliphatic rings. The van der Waals surface area contributed by atoms with Crippen LogP contribution in [0.4, 0.5) is 0 Å². The van der Waals surface area contributed by atoms with Gasteiger partial charge in [-0.1, -0.05) is 0 Å². The van der Waals surface area contributed by atoms with Gasteiger partial charge in [0, 0.05) is 13.2 Å². The van der Waals surface area contributed by atoms with Gasteiger partial charge in [0.15, 0.2) is 0 Å². The first-order valence-corrected chi connectivity index (χ1v) is 2.57. The molecule has 0 aromatic carbocycles. The Bertz CT molecular complexity index is 46.5. The summed E-state index contributed by atoms with van der Waals surface area (Å²) in [6, 6.07) is 0. The lowest BCUT2D eigenvalue weighted by molar-refractivity contribution is 0.412. The van der Waals surface area contributed by atoms with Gasteiger partial charge in [-0.2, -0.15) is 0 Å². The van der Waals surface area contributed by atoms with Crippen molar-refractivity contribution in [3.63, 3.8) is 0 Å². The highest BCUT2D eigenvalue weighted by molar-refractivity contribution is 4.67. The van der Waals surface area contributed by atoms with E-state index in [1.165, 1.54) is 0 Å². The van der Waals surface area contributed by atoms with Crippen LogP contribution in [-0.4, -0.2) is 25.9 Å². The fourth-order valence-electron chi connectivity index (χ4n) is 0.204. The maximum Gasteiger partial charge on any atom is 0.0931 e. The zero-order chi connectivity index (χ0) is 6.41. The Morgan fingerprint density at radius 2 is 1.75 bits per heavy atom. The van der Waals surface area contributed by atoms with Gasteiger partial charge in [0.25, 0.3) is 0 Å². The third-order valence-corrected chi connectivity index (χ3v) is 0.665. The Morgan fingerprint density at radius 1 is 1.38 bits per heavy atom. The van der Waals surface area contributed by atoms with E-state index in [0.29, 0.717) is 12.6 Å². The smallest absolute Gasteiger partial charge is 0.0931 e. The van der Waals surface area contributed by atoms with Crippen molar-refractivity contribution in [2.45, 2.75) is 6.10 Å². The van der Waals surface area contributed by atoms with Crippen molar-refractivity contribution in [1.82, 2.24) is 0 Å². The average molecular weight is 119 g/mol. The third-order valence-electron chi connectivity index (χ3n) is 0.665. The molecule has 4 heteroatoms. The molecule has 0 amide bonds. The minimum absolute atomic E-state index is 0.250. The van der Waals surface area contributed by atoms with E-state index in [1.807, 2.05) is 0 Å². The molecule has 0 saturated carbocycles. The molecule has 0 spiro atoms. The van der Waals surface area contributed by atoms with Crippen LogP contribution in [0.5, 0.6) is 0 Å². The quantitative estimate of drug-likeness (QED) is 0.281. The van der Waals surface area contributed by atoms with Crippen molar-refractivity contribution in [2.24, 2.45) is 17.2 Å². The van der Waals surface area contributed by atoms with Gasteiger partial charge < -0.3 is 21.9 Å². The summed E-state index contributed by atoms with van der Waals surface area (Å²) in [6.45, 7) is 1.83. The number of ether oxygens (including phenoxy) is 1. The van der Waals surface area contributed by atoms with E-state index >= 15 is 0 Å². The van der Waals surface area contributed by atoms with Crippen LogP contribution >= 0.6 is 0 Å². The molecule has 50 valence electrons. The van der Waals surface area contributed by atoms with E-state index in [1.54, 1.807) is 0 Å². The standard InChI is InChI=1S/C3H7NO.CH6N2/c4-1-3-2-5-3;2-1-3/h3H,1-2,4H2;1-3H2. The summed E-state index contributed by atoms with van der Waals surface area (Å²) in [5.74, 6) is 0. The van der Waals surface area contributed by atoms with Crippen LogP contribution in [0.15, 0.2) is 0 Å². The average Bonchev–Trinajstić information content (AvgIpc) is 2.48. The van der Waals surface area contributed by atoms with E-state index in [-0.39, 0.29) is 6.67 Å². The zero-order valence-corrected chi connectivity index (χ0v) is 4.84. The van der Waals surface area contributed by atoms with Crippen LogP contribution < -0.4 is 17.2 Å². The second-order valence-corrected chi connectivity index (χ2v) is 1.43. The second kappa shape index (κ2) is 4.99. The highest BCUT2D eigenvalue weighted by Crippen LogP contribution is 2.03. The van der Waals surface area contributed by atoms with Crippen LogP contribution in [0, 0.1) is 0 Å². The van der Waals surface area contributed by atoms with E-state index < -0.39 is 0 Å². The van der Waals surface area contributed by atoms with Crippen LogP contribution in [0.2, 0.25) is 0 Å². The summed E-state index contributed by atoms with van der Waals surface area (Å²) in [5.41, 5.74) is 14.4. The van der Waals surface area contributed by atoms with Crippen molar-refractivity contribution < 1.29 is 4.74 Å². The predicted octanol–water partition coefficient (Wildman–Crippen LogP) is -1.79. The Hall–Kier alpha value is -0.160. The van der Waals surface area contributed by atoms with E-state index in [4.69, 9.17) is 10.5 Å². The van der Waals surface area contributed by atoms with Gasteiger partial charge in [-0.15, -0.1) is 0 Å². The molecule has 1 heterocycles. The lowest BCUT2D eigenvalue weighted by Crippen LogP contribution is -2.08. The first-order valence-electron chi connectivity index (χ1n) is 2.57.